The summed E-state index contributed by atoms with van der Waals surface area (Å²) in [5, 5.41) is 3.91. The first-order valence-electron chi connectivity index (χ1n) is 5.79. The number of pyridine rings is 1. The first-order valence-corrected chi connectivity index (χ1v) is 6.55. The van der Waals surface area contributed by atoms with Gasteiger partial charge in [-0.1, -0.05) is 35.3 Å². The first kappa shape index (κ1) is 13.8. The van der Waals surface area contributed by atoms with Crippen LogP contribution in [0.1, 0.15) is 15.9 Å². The molecule has 98 valence electrons. The van der Waals surface area contributed by atoms with Crippen molar-refractivity contribution >= 4 is 29.1 Å². The molecule has 0 atom stereocenters. The number of hydrogen-bond donors (Lipinski definition) is 1. The van der Waals surface area contributed by atoms with Crippen LogP contribution in [-0.2, 0) is 6.42 Å². The normalized spacial score (nSPS) is 10.2. The minimum absolute atomic E-state index is 0.155. The van der Waals surface area contributed by atoms with Gasteiger partial charge >= 0.3 is 0 Å². The molecule has 0 saturated heterocycles. The summed E-state index contributed by atoms with van der Waals surface area (Å²) in [6, 6.07) is 10.8. The molecule has 19 heavy (non-hydrogen) atoms. The maximum absolute atomic E-state index is 11.8. The first-order chi connectivity index (χ1) is 9.15. The van der Waals surface area contributed by atoms with Crippen molar-refractivity contribution in [3.63, 3.8) is 0 Å². The SMILES string of the molecule is O=C(NCCc1ccc(Cl)cc1)c1ccc(Cl)nc1. The van der Waals surface area contributed by atoms with E-state index >= 15 is 0 Å². The second-order valence-electron chi connectivity index (χ2n) is 4.00. The summed E-state index contributed by atoms with van der Waals surface area (Å²) in [7, 11) is 0. The second-order valence-corrected chi connectivity index (χ2v) is 4.83. The van der Waals surface area contributed by atoms with Crippen molar-refractivity contribution in [1.82, 2.24) is 10.3 Å². The van der Waals surface area contributed by atoms with Crippen molar-refractivity contribution in [2.75, 3.05) is 6.54 Å². The van der Waals surface area contributed by atoms with E-state index in [-0.39, 0.29) is 5.91 Å². The van der Waals surface area contributed by atoms with E-state index in [0.717, 1.165) is 12.0 Å². The summed E-state index contributed by atoms with van der Waals surface area (Å²) in [5.74, 6) is -0.155. The van der Waals surface area contributed by atoms with Gasteiger partial charge in [0.25, 0.3) is 5.91 Å². The van der Waals surface area contributed by atoms with E-state index in [9.17, 15) is 4.79 Å². The van der Waals surface area contributed by atoms with Gasteiger partial charge in [0.05, 0.1) is 5.56 Å². The van der Waals surface area contributed by atoms with E-state index in [2.05, 4.69) is 10.3 Å². The maximum Gasteiger partial charge on any atom is 0.252 e. The smallest absolute Gasteiger partial charge is 0.252 e. The molecule has 0 fully saturated rings. The molecule has 1 aromatic carbocycles. The van der Waals surface area contributed by atoms with Gasteiger partial charge in [0.1, 0.15) is 5.15 Å². The van der Waals surface area contributed by atoms with E-state index in [1.165, 1.54) is 6.20 Å². The molecule has 2 rings (SSSR count). The Balaban J connectivity index is 1.84. The van der Waals surface area contributed by atoms with Gasteiger partial charge in [-0.25, -0.2) is 4.98 Å². The van der Waals surface area contributed by atoms with Gasteiger partial charge in [-0.05, 0) is 36.2 Å². The van der Waals surface area contributed by atoms with Crippen LogP contribution in [-0.4, -0.2) is 17.4 Å². The highest BCUT2D eigenvalue weighted by molar-refractivity contribution is 6.30. The van der Waals surface area contributed by atoms with Crippen LogP contribution in [0.25, 0.3) is 0 Å². The zero-order chi connectivity index (χ0) is 13.7. The Morgan fingerprint density at radius 2 is 1.84 bits per heavy atom. The Bertz CT molecular complexity index is 553. The predicted octanol–water partition coefficient (Wildman–Crippen LogP) is 3.36. The lowest BCUT2D eigenvalue weighted by atomic mass is 10.1. The number of rotatable bonds is 4. The van der Waals surface area contributed by atoms with E-state index < -0.39 is 0 Å². The van der Waals surface area contributed by atoms with Crippen molar-refractivity contribution in [3.8, 4) is 0 Å². The van der Waals surface area contributed by atoms with Crippen molar-refractivity contribution < 1.29 is 4.79 Å². The number of nitrogens with zero attached hydrogens (tertiary/aromatic N) is 1. The standard InChI is InChI=1S/C14H12Cl2N2O/c15-12-4-1-10(2-5-12)7-8-17-14(19)11-3-6-13(16)18-9-11/h1-6,9H,7-8H2,(H,17,19). The minimum Gasteiger partial charge on any atom is -0.352 e. The molecule has 1 aromatic heterocycles. The molecule has 0 saturated carbocycles. The molecule has 1 N–H and O–H groups in total. The maximum atomic E-state index is 11.8. The number of hydrogen-bond acceptors (Lipinski definition) is 2. The lowest BCUT2D eigenvalue weighted by Gasteiger charge is -2.05. The molecule has 0 radical (unpaired) electrons. The summed E-state index contributed by atoms with van der Waals surface area (Å²) in [6.45, 7) is 0.559. The minimum atomic E-state index is -0.155. The zero-order valence-corrected chi connectivity index (χ0v) is 11.6. The van der Waals surface area contributed by atoms with Gasteiger partial charge in [-0.15, -0.1) is 0 Å². The molecule has 5 heteroatoms. The van der Waals surface area contributed by atoms with Crippen LogP contribution < -0.4 is 5.32 Å². The highest BCUT2D eigenvalue weighted by Crippen LogP contribution is 2.09. The van der Waals surface area contributed by atoms with Crippen molar-refractivity contribution in [2.24, 2.45) is 0 Å². The summed E-state index contributed by atoms with van der Waals surface area (Å²) in [5.41, 5.74) is 1.62. The van der Waals surface area contributed by atoms with Gasteiger partial charge < -0.3 is 5.32 Å². The van der Waals surface area contributed by atoms with Gasteiger partial charge in [0, 0.05) is 17.8 Å². The molecule has 1 amide bonds. The largest absolute Gasteiger partial charge is 0.352 e. The average Bonchev–Trinajstić information content (AvgIpc) is 2.41. The van der Waals surface area contributed by atoms with Crippen LogP contribution >= 0.6 is 23.2 Å². The molecule has 0 aliphatic rings. The van der Waals surface area contributed by atoms with Gasteiger partial charge in [0.2, 0.25) is 0 Å². The highest BCUT2D eigenvalue weighted by atomic mass is 35.5. The molecular weight excluding hydrogens is 283 g/mol. The van der Waals surface area contributed by atoms with E-state index in [1.54, 1.807) is 12.1 Å². The van der Waals surface area contributed by atoms with Crippen LogP contribution in [0.5, 0.6) is 0 Å². The molecule has 1 heterocycles. The molecule has 0 aliphatic heterocycles. The topological polar surface area (TPSA) is 42.0 Å². The number of benzene rings is 1. The van der Waals surface area contributed by atoms with Crippen LogP contribution in [0, 0.1) is 0 Å². The van der Waals surface area contributed by atoms with E-state index in [0.29, 0.717) is 22.3 Å². The molecule has 0 bridgehead atoms. The van der Waals surface area contributed by atoms with Gasteiger partial charge in [-0.2, -0.15) is 0 Å². The Kier molecular flexibility index (Phi) is 4.77. The Morgan fingerprint density at radius 1 is 1.11 bits per heavy atom. The van der Waals surface area contributed by atoms with Gasteiger partial charge in [0.15, 0.2) is 0 Å². The van der Waals surface area contributed by atoms with Gasteiger partial charge in [-0.3, -0.25) is 4.79 Å². The third-order valence-electron chi connectivity index (χ3n) is 2.60. The van der Waals surface area contributed by atoms with E-state index in [1.807, 2.05) is 24.3 Å². The third-order valence-corrected chi connectivity index (χ3v) is 3.08. The van der Waals surface area contributed by atoms with Crippen LogP contribution in [0.4, 0.5) is 0 Å². The monoisotopic (exact) mass is 294 g/mol. The summed E-state index contributed by atoms with van der Waals surface area (Å²) in [4.78, 5) is 15.7. The Hall–Kier alpha value is -1.58. The lowest BCUT2D eigenvalue weighted by molar-refractivity contribution is 0.0954. The Labute approximate surface area is 121 Å². The van der Waals surface area contributed by atoms with Crippen LogP contribution in [0.2, 0.25) is 10.2 Å². The fourth-order valence-electron chi connectivity index (χ4n) is 1.58. The molecule has 0 spiro atoms. The number of carbonyl (C=O) groups excluding carboxylic acids is 1. The average molecular weight is 295 g/mol. The number of nitrogens with one attached hydrogen (secondary N) is 1. The number of carbonyl (C=O) groups is 1. The fraction of sp³-hybridized carbons (Fsp3) is 0.143. The molecule has 0 unspecified atom stereocenters. The molecular formula is C14H12Cl2N2O. The van der Waals surface area contributed by atoms with Crippen molar-refractivity contribution in [2.45, 2.75) is 6.42 Å². The number of amides is 1. The summed E-state index contributed by atoms with van der Waals surface area (Å²) < 4.78 is 0. The van der Waals surface area contributed by atoms with E-state index in [4.69, 9.17) is 23.2 Å². The number of halogens is 2. The van der Waals surface area contributed by atoms with Crippen molar-refractivity contribution in [1.29, 1.82) is 0 Å². The lowest BCUT2D eigenvalue weighted by Crippen LogP contribution is -2.25. The van der Waals surface area contributed by atoms with Crippen LogP contribution in [0.3, 0.4) is 0 Å². The third kappa shape index (κ3) is 4.23. The number of aromatic nitrogens is 1. The fourth-order valence-corrected chi connectivity index (χ4v) is 1.82. The van der Waals surface area contributed by atoms with Crippen molar-refractivity contribution in [3.05, 3.63) is 63.9 Å². The Morgan fingerprint density at radius 3 is 2.47 bits per heavy atom. The summed E-state index contributed by atoms with van der Waals surface area (Å²) >= 11 is 11.5. The molecule has 0 aliphatic carbocycles. The van der Waals surface area contributed by atoms with Crippen LogP contribution in [0.15, 0.2) is 42.6 Å². The molecule has 3 nitrogen and oxygen atoms in total. The second kappa shape index (κ2) is 6.55. The highest BCUT2D eigenvalue weighted by Gasteiger charge is 2.05. The molecule has 2 aromatic rings. The quantitative estimate of drug-likeness (QED) is 0.879. The summed E-state index contributed by atoms with van der Waals surface area (Å²) in [6.07, 6.45) is 2.21. The predicted molar refractivity (Wildman–Crippen MR) is 76.7 cm³/mol. The zero-order valence-electron chi connectivity index (χ0n) is 10.1.